The van der Waals surface area contributed by atoms with Gasteiger partial charge in [-0.2, -0.15) is 0 Å². The Balaban J connectivity index is 1.36. The van der Waals surface area contributed by atoms with Gasteiger partial charge in [-0.1, -0.05) is 32.1 Å². The van der Waals surface area contributed by atoms with E-state index in [1.54, 1.807) is 0 Å². The topological polar surface area (TPSA) is 47.6 Å². The van der Waals surface area contributed by atoms with Gasteiger partial charge in [-0.15, -0.1) is 0 Å². The van der Waals surface area contributed by atoms with Crippen LogP contribution in [0, 0.1) is 11.8 Å². The molecule has 0 atom stereocenters. The molecule has 27 heavy (non-hydrogen) atoms. The van der Waals surface area contributed by atoms with Crippen molar-refractivity contribution in [3.63, 3.8) is 0 Å². The van der Waals surface area contributed by atoms with Crippen LogP contribution in [0.3, 0.4) is 0 Å². The zero-order valence-corrected chi connectivity index (χ0v) is 17.7. The van der Waals surface area contributed by atoms with E-state index >= 15 is 0 Å². The number of esters is 1. The van der Waals surface area contributed by atoms with Gasteiger partial charge in [-0.05, 0) is 76.7 Å². The normalized spacial score (nSPS) is 24.0. The second-order valence-electron chi connectivity index (χ2n) is 8.62. The molecule has 0 bridgehead atoms. The van der Waals surface area contributed by atoms with Crippen molar-refractivity contribution >= 4 is 5.97 Å². The number of nitrogens with one attached hydrogen (secondary N) is 1. The smallest absolute Gasteiger partial charge is 0.307 e. The highest BCUT2D eigenvalue weighted by Crippen LogP contribution is 2.35. The van der Waals surface area contributed by atoms with E-state index in [-0.39, 0.29) is 5.97 Å². The monoisotopic (exact) mass is 381 g/mol. The van der Waals surface area contributed by atoms with Gasteiger partial charge < -0.3 is 14.8 Å². The van der Waals surface area contributed by atoms with E-state index in [1.807, 2.05) is 6.92 Å². The van der Waals surface area contributed by atoms with Gasteiger partial charge in [-0.3, -0.25) is 4.79 Å². The standard InChI is InChI=1S/C23H43NO3/c1-2-26-23(25)15-17-24-16-7-4-8-18-27-22-13-11-21(12-14-22)19-20-9-5-3-6-10-20/h20-22,24H,2-19H2,1H3. The van der Waals surface area contributed by atoms with E-state index in [9.17, 15) is 4.79 Å². The summed E-state index contributed by atoms with van der Waals surface area (Å²) in [6.45, 7) is 4.93. The largest absolute Gasteiger partial charge is 0.466 e. The predicted octanol–water partition coefficient (Wildman–Crippen LogP) is 5.25. The molecule has 2 fully saturated rings. The average Bonchev–Trinajstić information content (AvgIpc) is 2.69. The highest BCUT2D eigenvalue weighted by Gasteiger charge is 2.24. The Bertz CT molecular complexity index is 374. The van der Waals surface area contributed by atoms with Gasteiger partial charge in [0.05, 0.1) is 19.1 Å². The summed E-state index contributed by atoms with van der Waals surface area (Å²) in [5.41, 5.74) is 0. The molecule has 0 aromatic carbocycles. The Hall–Kier alpha value is -0.610. The van der Waals surface area contributed by atoms with Crippen molar-refractivity contribution in [2.75, 3.05) is 26.3 Å². The molecule has 0 amide bonds. The third-order valence-electron chi connectivity index (χ3n) is 6.35. The molecule has 4 nitrogen and oxygen atoms in total. The molecule has 0 aromatic rings. The van der Waals surface area contributed by atoms with E-state index in [0.29, 0.717) is 19.1 Å². The summed E-state index contributed by atoms with van der Waals surface area (Å²) >= 11 is 0. The molecule has 2 rings (SSSR count). The van der Waals surface area contributed by atoms with Crippen LogP contribution in [0.1, 0.15) is 96.8 Å². The molecule has 2 aliphatic carbocycles. The first kappa shape index (κ1) is 22.7. The zero-order chi connectivity index (χ0) is 19.2. The first-order valence-corrected chi connectivity index (χ1v) is 11.8. The Morgan fingerprint density at radius 1 is 0.889 bits per heavy atom. The number of rotatable bonds is 13. The van der Waals surface area contributed by atoms with E-state index in [1.165, 1.54) is 70.6 Å². The summed E-state index contributed by atoms with van der Waals surface area (Å²) in [7, 11) is 0. The SMILES string of the molecule is CCOC(=O)CCNCCCCCOC1CCC(CC2CCCCC2)CC1. The van der Waals surface area contributed by atoms with Crippen molar-refractivity contribution in [1.82, 2.24) is 5.32 Å². The summed E-state index contributed by atoms with van der Waals surface area (Å²) in [4.78, 5) is 11.2. The number of hydrogen-bond donors (Lipinski definition) is 1. The molecule has 2 saturated carbocycles. The van der Waals surface area contributed by atoms with Gasteiger partial charge in [0.15, 0.2) is 0 Å². The third-order valence-corrected chi connectivity index (χ3v) is 6.35. The molecule has 2 aliphatic rings. The number of hydrogen-bond acceptors (Lipinski definition) is 4. The summed E-state index contributed by atoms with van der Waals surface area (Å²) in [5.74, 6) is 1.91. The maximum Gasteiger partial charge on any atom is 0.307 e. The molecule has 0 spiro atoms. The van der Waals surface area contributed by atoms with Gasteiger partial charge in [-0.25, -0.2) is 0 Å². The minimum Gasteiger partial charge on any atom is -0.466 e. The van der Waals surface area contributed by atoms with Gasteiger partial charge in [0.25, 0.3) is 0 Å². The fourth-order valence-corrected chi connectivity index (χ4v) is 4.76. The van der Waals surface area contributed by atoms with Crippen molar-refractivity contribution < 1.29 is 14.3 Å². The lowest BCUT2D eigenvalue weighted by Crippen LogP contribution is -2.24. The fraction of sp³-hybridized carbons (Fsp3) is 0.957. The van der Waals surface area contributed by atoms with Gasteiger partial charge in [0.1, 0.15) is 0 Å². The molecule has 1 N–H and O–H groups in total. The van der Waals surface area contributed by atoms with Crippen LogP contribution in [0.25, 0.3) is 0 Å². The van der Waals surface area contributed by atoms with E-state index in [4.69, 9.17) is 9.47 Å². The fourth-order valence-electron chi connectivity index (χ4n) is 4.76. The Labute approximate surface area is 167 Å². The van der Waals surface area contributed by atoms with Gasteiger partial charge in [0.2, 0.25) is 0 Å². The molecule has 0 aliphatic heterocycles. The second-order valence-corrected chi connectivity index (χ2v) is 8.62. The van der Waals surface area contributed by atoms with Crippen LogP contribution >= 0.6 is 0 Å². The van der Waals surface area contributed by atoms with Crippen molar-refractivity contribution in [1.29, 1.82) is 0 Å². The molecule has 158 valence electrons. The van der Waals surface area contributed by atoms with Crippen LogP contribution in [-0.2, 0) is 14.3 Å². The molecule has 0 aromatic heterocycles. The zero-order valence-electron chi connectivity index (χ0n) is 17.7. The predicted molar refractivity (Wildman–Crippen MR) is 111 cm³/mol. The third kappa shape index (κ3) is 10.5. The molecule has 0 unspecified atom stereocenters. The molecular weight excluding hydrogens is 338 g/mol. The molecule has 0 heterocycles. The first-order valence-electron chi connectivity index (χ1n) is 11.8. The van der Waals surface area contributed by atoms with Crippen LogP contribution < -0.4 is 5.32 Å². The van der Waals surface area contributed by atoms with Gasteiger partial charge in [0, 0.05) is 13.2 Å². The highest BCUT2D eigenvalue weighted by atomic mass is 16.5. The Morgan fingerprint density at radius 2 is 1.63 bits per heavy atom. The molecular formula is C23H43NO3. The minimum atomic E-state index is -0.105. The summed E-state index contributed by atoms with van der Waals surface area (Å²) in [6, 6.07) is 0. The van der Waals surface area contributed by atoms with Crippen LogP contribution in [0.2, 0.25) is 0 Å². The highest BCUT2D eigenvalue weighted by molar-refractivity contribution is 5.69. The lowest BCUT2D eigenvalue weighted by molar-refractivity contribution is -0.142. The maximum atomic E-state index is 11.2. The lowest BCUT2D eigenvalue weighted by Gasteiger charge is -2.32. The Morgan fingerprint density at radius 3 is 2.37 bits per heavy atom. The first-order chi connectivity index (χ1) is 13.3. The quantitative estimate of drug-likeness (QED) is 0.350. The van der Waals surface area contributed by atoms with Crippen LogP contribution in [0.15, 0.2) is 0 Å². The van der Waals surface area contributed by atoms with Crippen molar-refractivity contribution in [3.05, 3.63) is 0 Å². The number of unbranched alkanes of at least 4 members (excludes halogenated alkanes) is 2. The average molecular weight is 382 g/mol. The molecule has 4 heteroatoms. The second kappa shape index (κ2) is 14.4. The van der Waals surface area contributed by atoms with E-state index in [0.717, 1.165) is 44.4 Å². The van der Waals surface area contributed by atoms with Crippen molar-refractivity contribution in [2.24, 2.45) is 11.8 Å². The lowest BCUT2D eigenvalue weighted by atomic mass is 9.77. The van der Waals surface area contributed by atoms with Gasteiger partial charge >= 0.3 is 5.97 Å². The van der Waals surface area contributed by atoms with Crippen molar-refractivity contribution in [3.8, 4) is 0 Å². The Kier molecular flexibility index (Phi) is 12.1. The summed E-state index contributed by atoms with van der Waals surface area (Å²) in [6.07, 6.45) is 18.8. The minimum absolute atomic E-state index is 0.105. The molecule has 0 radical (unpaired) electrons. The van der Waals surface area contributed by atoms with E-state index < -0.39 is 0 Å². The maximum absolute atomic E-state index is 11.2. The van der Waals surface area contributed by atoms with E-state index in [2.05, 4.69) is 5.32 Å². The number of carbonyl (C=O) groups is 1. The number of carbonyl (C=O) groups excluding carboxylic acids is 1. The van der Waals surface area contributed by atoms with Crippen LogP contribution in [0.5, 0.6) is 0 Å². The molecule has 0 saturated heterocycles. The van der Waals surface area contributed by atoms with Crippen LogP contribution in [-0.4, -0.2) is 38.4 Å². The van der Waals surface area contributed by atoms with Crippen LogP contribution in [0.4, 0.5) is 0 Å². The van der Waals surface area contributed by atoms with Crippen molar-refractivity contribution in [2.45, 2.75) is 103 Å². The number of ether oxygens (including phenoxy) is 2. The summed E-state index contributed by atoms with van der Waals surface area (Å²) < 4.78 is 11.0. The summed E-state index contributed by atoms with van der Waals surface area (Å²) in [5, 5.41) is 3.31.